The number of methoxy groups -OCH3 is 2. The molecule has 1 aromatic carbocycles. The molecule has 0 spiro atoms. The van der Waals surface area contributed by atoms with Crippen molar-refractivity contribution in [2.75, 3.05) is 20.0 Å². The number of hydrogen-bond donors (Lipinski definition) is 1. The molecule has 5 nitrogen and oxygen atoms in total. The van der Waals surface area contributed by atoms with Crippen LogP contribution in [0.4, 0.5) is 5.82 Å². The fourth-order valence-electron chi connectivity index (χ4n) is 2.26. The maximum absolute atomic E-state index is 6.02. The molecule has 0 unspecified atom stereocenters. The molecule has 2 N–H and O–H groups in total. The van der Waals surface area contributed by atoms with Gasteiger partial charge in [0.25, 0.3) is 0 Å². The van der Waals surface area contributed by atoms with Crippen molar-refractivity contribution >= 4 is 5.82 Å². The zero-order chi connectivity index (χ0) is 14.2. The first-order chi connectivity index (χ1) is 8.99. The van der Waals surface area contributed by atoms with E-state index in [1.54, 1.807) is 18.9 Å². The molecular weight excluding hydrogens is 242 g/mol. The fraction of sp³-hybridized carbons (Fsp3) is 0.357. The van der Waals surface area contributed by atoms with E-state index < -0.39 is 0 Å². The average molecular weight is 261 g/mol. The summed E-state index contributed by atoms with van der Waals surface area (Å²) in [5.41, 5.74) is 9.94. The van der Waals surface area contributed by atoms with Crippen LogP contribution in [0.3, 0.4) is 0 Å². The number of benzene rings is 1. The summed E-state index contributed by atoms with van der Waals surface area (Å²) < 4.78 is 12.5. The number of anilines is 1. The Bertz CT molecular complexity index is 618. The molecule has 0 saturated carbocycles. The largest absolute Gasteiger partial charge is 0.497 e. The zero-order valence-electron chi connectivity index (χ0n) is 11.9. The summed E-state index contributed by atoms with van der Waals surface area (Å²) in [6, 6.07) is 3.82. The Kier molecular flexibility index (Phi) is 3.38. The SMILES string of the molecule is COc1cc(C)c(-c2c(N)nn(C)c2C)c(OC)c1. The Balaban J connectivity index is 2.74. The lowest BCUT2D eigenvalue weighted by Gasteiger charge is -2.14. The standard InChI is InChI=1S/C14H19N3O2/c1-8-6-10(18-4)7-11(19-5)12(8)13-9(2)17(3)16-14(13)15/h6-7H,1-5H3,(H2,15,16). The predicted octanol–water partition coefficient (Wildman–Crippen LogP) is 2.30. The first-order valence-corrected chi connectivity index (χ1v) is 6.01. The minimum atomic E-state index is 0.506. The lowest BCUT2D eigenvalue weighted by molar-refractivity contribution is 0.395. The molecule has 5 heteroatoms. The highest BCUT2D eigenvalue weighted by Gasteiger charge is 2.19. The minimum Gasteiger partial charge on any atom is -0.497 e. The third kappa shape index (κ3) is 2.12. The molecule has 0 fully saturated rings. The van der Waals surface area contributed by atoms with Gasteiger partial charge >= 0.3 is 0 Å². The van der Waals surface area contributed by atoms with Gasteiger partial charge in [0.1, 0.15) is 11.5 Å². The number of hydrogen-bond acceptors (Lipinski definition) is 4. The van der Waals surface area contributed by atoms with Crippen molar-refractivity contribution in [2.24, 2.45) is 7.05 Å². The second kappa shape index (κ2) is 4.84. The van der Waals surface area contributed by atoms with Gasteiger partial charge in [-0.15, -0.1) is 0 Å². The summed E-state index contributed by atoms with van der Waals surface area (Å²) >= 11 is 0. The Morgan fingerprint density at radius 2 is 1.79 bits per heavy atom. The number of aryl methyl sites for hydroxylation is 2. The number of nitrogens with two attached hydrogens (primary N) is 1. The Hall–Kier alpha value is -2.17. The van der Waals surface area contributed by atoms with Crippen molar-refractivity contribution in [1.29, 1.82) is 0 Å². The molecule has 0 aliphatic heterocycles. The minimum absolute atomic E-state index is 0.506. The van der Waals surface area contributed by atoms with Gasteiger partial charge in [0.05, 0.1) is 19.8 Å². The van der Waals surface area contributed by atoms with Gasteiger partial charge in [-0.3, -0.25) is 4.68 Å². The molecule has 0 saturated heterocycles. The molecule has 0 amide bonds. The van der Waals surface area contributed by atoms with Crippen molar-refractivity contribution < 1.29 is 9.47 Å². The van der Waals surface area contributed by atoms with Crippen LogP contribution in [0.2, 0.25) is 0 Å². The molecule has 0 bridgehead atoms. The van der Waals surface area contributed by atoms with E-state index in [4.69, 9.17) is 15.2 Å². The van der Waals surface area contributed by atoms with Gasteiger partial charge in [0.2, 0.25) is 0 Å². The maximum Gasteiger partial charge on any atom is 0.153 e. The highest BCUT2D eigenvalue weighted by molar-refractivity contribution is 5.83. The number of nitrogen functional groups attached to an aromatic ring is 1. The van der Waals surface area contributed by atoms with Gasteiger partial charge in [-0.05, 0) is 25.5 Å². The molecule has 19 heavy (non-hydrogen) atoms. The van der Waals surface area contributed by atoms with E-state index in [0.717, 1.165) is 33.9 Å². The monoisotopic (exact) mass is 261 g/mol. The van der Waals surface area contributed by atoms with E-state index in [0.29, 0.717) is 5.82 Å². The third-order valence-electron chi connectivity index (χ3n) is 3.34. The summed E-state index contributed by atoms with van der Waals surface area (Å²) in [6.45, 7) is 3.99. The van der Waals surface area contributed by atoms with E-state index in [1.165, 1.54) is 0 Å². The van der Waals surface area contributed by atoms with Crippen LogP contribution in [0.25, 0.3) is 11.1 Å². The molecule has 102 valence electrons. The van der Waals surface area contributed by atoms with Crippen LogP contribution in [0, 0.1) is 13.8 Å². The van der Waals surface area contributed by atoms with E-state index in [2.05, 4.69) is 5.10 Å². The molecular formula is C14H19N3O2. The number of ether oxygens (including phenoxy) is 2. The molecule has 0 aliphatic carbocycles. The van der Waals surface area contributed by atoms with Gasteiger partial charge in [0.15, 0.2) is 5.82 Å². The van der Waals surface area contributed by atoms with Gasteiger partial charge in [0, 0.05) is 24.4 Å². The summed E-state index contributed by atoms with van der Waals surface area (Å²) in [4.78, 5) is 0. The van der Waals surface area contributed by atoms with Crippen LogP contribution >= 0.6 is 0 Å². The van der Waals surface area contributed by atoms with Gasteiger partial charge < -0.3 is 15.2 Å². The van der Waals surface area contributed by atoms with Gasteiger partial charge in [-0.25, -0.2) is 0 Å². The predicted molar refractivity (Wildman–Crippen MR) is 75.6 cm³/mol. The van der Waals surface area contributed by atoms with Crippen LogP contribution in [-0.4, -0.2) is 24.0 Å². The van der Waals surface area contributed by atoms with Crippen molar-refractivity contribution in [3.05, 3.63) is 23.4 Å². The van der Waals surface area contributed by atoms with Gasteiger partial charge in [-0.1, -0.05) is 0 Å². The average Bonchev–Trinajstić information content (AvgIpc) is 2.63. The summed E-state index contributed by atoms with van der Waals surface area (Å²) in [7, 11) is 5.15. The highest BCUT2D eigenvalue weighted by Crippen LogP contribution is 2.40. The van der Waals surface area contributed by atoms with Crippen LogP contribution < -0.4 is 15.2 Å². The summed E-state index contributed by atoms with van der Waals surface area (Å²) in [5.74, 6) is 2.00. The lowest BCUT2D eigenvalue weighted by atomic mass is 9.99. The Morgan fingerprint density at radius 3 is 2.26 bits per heavy atom. The second-order valence-corrected chi connectivity index (χ2v) is 4.49. The van der Waals surface area contributed by atoms with E-state index in [9.17, 15) is 0 Å². The van der Waals surface area contributed by atoms with Crippen LogP contribution in [0.5, 0.6) is 11.5 Å². The molecule has 1 heterocycles. The summed E-state index contributed by atoms with van der Waals surface area (Å²) in [6.07, 6.45) is 0. The first-order valence-electron chi connectivity index (χ1n) is 6.01. The van der Waals surface area contributed by atoms with Crippen molar-refractivity contribution in [2.45, 2.75) is 13.8 Å². The van der Waals surface area contributed by atoms with Crippen LogP contribution in [0.15, 0.2) is 12.1 Å². The molecule has 1 aromatic heterocycles. The fourth-order valence-corrected chi connectivity index (χ4v) is 2.26. The topological polar surface area (TPSA) is 62.3 Å². The molecule has 0 aliphatic rings. The van der Waals surface area contributed by atoms with Crippen LogP contribution in [0.1, 0.15) is 11.3 Å². The smallest absolute Gasteiger partial charge is 0.153 e. The van der Waals surface area contributed by atoms with Crippen molar-refractivity contribution in [3.63, 3.8) is 0 Å². The molecule has 2 aromatic rings. The van der Waals surface area contributed by atoms with Gasteiger partial charge in [-0.2, -0.15) is 5.10 Å². The highest BCUT2D eigenvalue weighted by atomic mass is 16.5. The molecule has 0 radical (unpaired) electrons. The molecule has 0 atom stereocenters. The van der Waals surface area contributed by atoms with Crippen molar-refractivity contribution in [1.82, 2.24) is 9.78 Å². The number of aromatic nitrogens is 2. The maximum atomic E-state index is 6.02. The van der Waals surface area contributed by atoms with Crippen LogP contribution in [-0.2, 0) is 7.05 Å². The zero-order valence-corrected chi connectivity index (χ0v) is 11.9. The Labute approximate surface area is 112 Å². The van der Waals surface area contributed by atoms with E-state index in [-0.39, 0.29) is 0 Å². The van der Waals surface area contributed by atoms with E-state index in [1.807, 2.05) is 33.0 Å². The number of nitrogens with zero attached hydrogens (tertiary/aromatic N) is 2. The normalized spacial score (nSPS) is 10.6. The quantitative estimate of drug-likeness (QED) is 0.921. The Morgan fingerprint density at radius 1 is 1.11 bits per heavy atom. The summed E-state index contributed by atoms with van der Waals surface area (Å²) in [5, 5.41) is 4.25. The van der Waals surface area contributed by atoms with E-state index >= 15 is 0 Å². The number of rotatable bonds is 3. The lowest BCUT2D eigenvalue weighted by Crippen LogP contribution is -1.97. The van der Waals surface area contributed by atoms with Crippen molar-refractivity contribution in [3.8, 4) is 22.6 Å². The second-order valence-electron chi connectivity index (χ2n) is 4.49. The first kappa shape index (κ1) is 13.3. The third-order valence-corrected chi connectivity index (χ3v) is 3.34. The molecule has 2 rings (SSSR count).